The van der Waals surface area contributed by atoms with Gasteiger partial charge in [-0.2, -0.15) is 8.42 Å². The Labute approximate surface area is 137 Å². The van der Waals surface area contributed by atoms with Crippen LogP contribution in [0, 0.1) is 0 Å². The fourth-order valence-electron chi connectivity index (χ4n) is 1.52. The quantitative estimate of drug-likeness (QED) is 0.465. The summed E-state index contributed by atoms with van der Waals surface area (Å²) in [6.07, 6.45) is 0. The van der Waals surface area contributed by atoms with Crippen LogP contribution in [0.1, 0.15) is 0 Å². The second-order valence-electron chi connectivity index (χ2n) is 3.60. The first-order valence-corrected chi connectivity index (χ1v) is 7.50. The molecule has 10 heteroatoms. The summed E-state index contributed by atoms with van der Waals surface area (Å²) in [7, 11) is -8.97. The van der Waals surface area contributed by atoms with Crippen molar-refractivity contribution in [2.24, 2.45) is 0 Å². The molecule has 0 fully saturated rings. The van der Waals surface area contributed by atoms with Crippen LogP contribution >= 0.6 is 0 Å². The molecular weight excluding hydrogens is 319 g/mol. The number of benzene rings is 2. The first-order chi connectivity index (χ1) is 8.18. The molecule has 0 bridgehead atoms. The maximum atomic E-state index is 10.9. The van der Waals surface area contributed by atoms with E-state index in [9.17, 15) is 21.4 Å². The van der Waals surface area contributed by atoms with E-state index in [1.807, 2.05) is 0 Å². The minimum Gasteiger partial charge on any atom is -0.744 e. The second kappa shape index (κ2) is 6.50. The van der Waals surface area contributed by atoms with Crippen molar-refractivity contribution in [1.82, 2.24) is 0 Å². The molecule has 0 saturated heterocycles. The fourth-order valence-corrected chi connectivity index (χ4v) is 2.54. The molecule has 20 heavy (non-hydrogen) atoms. The molecule has 0 aliphatic rings. The zero-order valence-corrected chi connectivity index (χ0v) is 13.9. The number of hydrogen-bond acceptors (Lipinski definition) is 5. The average Bonchev–Trinajstić information content (AvgIpc) is 2.25. The van der Waals surface area contributed by atoms with Crippen molar-refractivity contribution in [3.8, 4) is 0 Å². The van der Waals surface area contributed by atoms with Gasteiger partial charge in [-0.05, 0) is 35.0 Å². The first kappa shape index (κ1) is 19.5. The zero-order chi connectivity index (χ0) is 13.6. The van der Waals surface area contributed by atoms with Crippen molar-refractivity contribution in [2.45, 2.75) is 9.79 Å². The van der Waals surface area contributed by atoms with Gasteiger partial charge in [0.15, 0.2) is 0 Å². The molecule has 0 aliphatic carbocycles. The summed E-state index contributed by atoms with van der Waals surface area (Å²) >= 11 is 0. The van der Waals surface area contributed by atoms with Crippen LogP contribution in [0.4, 0.5) is 0 Å². The maximum absolute atomic E-state index is 10.9. The van der Waals surface area contributed by atoms with E-state index in [0.29, 0.717) is 5.39 Å². The number of hydrogen-bond donors (Lipinski definition) is 1. The topological polar surface area (TPSA) is 143 Å². The van der Waals surface area contributed by atoms with Crippen molar-refractivity contribution in [2.75, 3.05) is 0 Å². The third-order valence-corrected chi connectivity index (χ3v) is 4.05. The molecule has 0 unspecified atom stereocenters. The number of fused-ring (bicyclic) bond motifs is 1. The summed E-state index contributed by atoms with van der Waals surface area (Å²) < 4.78 is 63.2. The largest absolute Gasteiger partial charge is 1.00 e. The predicted molar refractivity (Wildman–Crippen MR) is 65.3 cm³/mol. The van der Waals surface area contributed by atoms with Gasteiger partial charge in [0.1, 0.15) is 10.1 Å². The average molecular weight is 328 g/mol. The SMILES string of the molecule is O.O=S(=O)([O-])c1ccc2ccc(S(=O)(=O)O)cc2c1.[Na+]. The minimum absolute atomic E-state index is 0. The van der Waals surface area contributed by atoms with Crippen LogP contribution in [0.15, 0.2) is 46.2 Å². The van der Waals surface area contributed by atoms with Gasteiger partial charge >= 0.3 is 29.6 Å². The van der Waals surface area contributed by atoms with E-state index in [0.717, 1.165) is 18.2 Å². The molecule has 2 rings (SSSR count). The Balaban J connectivity index is 0.00000180. The van der Waals surface area contributed by atoms with E-state index < -0.39 is 25.1 Å². The van der Waals surface area contributed by atoms with Crippen molar-refractivity contribution >= 4 is 31.0 Å². The monoisotopic (exact) mass is 328 g/mol. The van der Waals surface area contributed by atoms with E-state index in [1.54, 1.807) is 0 Å². The van der Waals surface area contributed by atoms with Crippen LogP contribution < -0.4 is 29.6 Å². The summed E-state index contributed by atoms with van der Waals surface area (Å²) in [5.41, 5.74) is 0. The molecule has 0 heterocycles. The van der Waals surface area contributed by atoms with Crippen LogP contribution in [0.25, 0.3) is 10.8 Å². The molecule has 0 amide bonds. The summed E-state index contributed by atoms with van der Waals surface area (Å²) in [4.78, 5) is -0.821. The van der Waals surface area contributed by atoms with Crippen molar-refractivity contribution in [3.63, 3.8) is 0 Å². The Kier molecular flexibility index (Phi) is 6.33. The molecule has 0 radical (unpaired) electrons. The van der Waals surface area contributed by atoms with Gasteiger partial charge in [-0.25, -0.2) is 8.42 Å². The Morgan fingerprint density at radius 3 is 1.75 bits per heavy atom. The Morgan fingerprint density at radius 2 is 1.30 bits per heavy atom. The summed E-state index contributed by atoms with van der Waals surface area (Å²) in [6, 6.07) is 7.26. The van der Waals surface area contributed by atoms with Gasteiger partial charge in [-0.15, -0.1) is 0 Å². The molecule has 0 aromatic heterocycles. The summed E-state index contributed by atoms with van der Waals surface area (Å²) in [5, 5.41) is 0.789. The van der Waals surface area contributed by atoms with E-state index in [1.165, 1.54) is 18.2 Å². The Hall–Kier alpha value is -0.520. The molecule has 2 aromatic carbocycles. The van der Waals surface area contributed by atoms with Crippen LogP contribution in [-0.2, 0) is 20.2 Å². The van der Waals surface area contributed by atoms with Crippen molar-refractivity contribution in [3.05, 3.63) is 36.4 Å². The van der Waals surface area contributed by atoms with Gasteiger partial charge < -0.3 is 10.0 Å². The molecule has 0 atom stereocenters. The van der Waals surface area contributed by atoms with Gasteiger partial charge in [-0.3, -0.25) is 4.55 Å². The molecular formula is C10H9NaO7S2. The Morgan fingerprint density at radius 1 is 0.850 bits per heavy atom. The number of rotatable bonds is 2. The van der Waals surface area contributed by atoms with Gasteiger partial charge in [0.25, 0.3) is 10.1 Å². The van der Waals surface area contributed by atoms with Crippen LogP contribution in [0.5, 0.6) is 0 Å². The molecule has 3 N–H and O–H groups in total. The minimum atomic E-state index is -4.60. The summed E-state index contributed by atoms with van der Waals surface area (Å²) in [5.74, 6) is 0. The molecule has 0 saturated carbocycles. The van der Waals surface area contributed by atoms with Crippen LogP contribution in [0.3, 0.4) is 0 Å². The van der Waals surface area contributed by atoms with Gasteiger partial charge in [0.05, 0.1) is 9.79 Å². The van der Waals surface area contributed by atoms with Crippen LogP contribution in [0.2, 0.25) is 0 Å². The smallest absolute Gasteiger partial charge is 0.744 e. The maximum Gasteiger partial charge on any atom is 1.00 e. The molecule has 7 nitrogen and oxygen atoms in total. The van der Waals surface area contributed by atoms with E-state index in [4.69, 9.17) is 4.55 Å². The fraction of sp³-hybridized carbons (Fsp3) is 0. The van der Waals surface area contributed by atoms with Crippen molar-refractivity contribution < 1.29 is 61.0 Å². The van der Waals surface area contributed by atoms with E-state index in [2.05, 4.69) is 0 Å². The molecule has 104 valence electrons. The standard InChI is InChI=1S/C10H8O6S2.Na.H2O/c11-17(12,13)9-3-1-7-2-4-10(18(14,15)16)6-8(7)5-9;;/h1-6H,(H,11,12,13)(H,14,15,16);;1H2/q;+1;/p-1. The van der Waals surface area contributed by atoms with Gasteiger partial charge in [0.2, 0.25) is 0 Å². The second-order valence-corrected chi connectivity index (χ2v) is 6.40. The van der Waals surface area contributed by atoms with Crippen LogP contribution in [-0.4, -0.2) is 31.4 Å². The van der Waals surface area contributed by atoms with Gasteiger partial charge in [0, 0.05) is 0 Å². The molecule has 2 aromatic rings. The predicted octanol–water partition coefficient (Wildman–Crippen LogP) is -2.83. The van der Waals surface area contributed by atoms with E-state index in [-0.39, 0.29) is 45.3 Å². The summed E-state index contributed by atoms with van der Waals surface area (Å²) in [6.45, 7) is 0. The van der Waals surface area contributed by atoms with Crippen molar-refractivity contribution in [1.29, 1.82) is 0 Å². The Bertz CT molecular complexity index is 761. The van der Waals surface area contributed by atoms with E-state index >= 15 is 0 Å². The van der Waals surface area contributed by atoms with Gasteiger partial charge in [-0.1, -0.05) is 12.1 Å². The zero-order valence-electron chi connectivity index (χ0n) is 10.3. The third-order valence-electron chi connectivity index (χ3n) is 2.37. The third kappa shape index (κ3) is 4.24. The molecule has 0 aliphatic heterocycles. The first-order valence-electron chi connectivity index (χ1n) is 4.65. The molecule has 0 spiro atoms. The normalized spacial score (nSPS) is 11.5.